The van der Waals surface area contributed by atoms with Crippen LogP contribution in [0.25, 0.3) is 11.1 Å². The van der Waals surface area contributed by atoms with E-state index in [-0.39, 0.29) is 0 Å². The molecule has 19 heavy (non-hydrogen) atoms. The molecule has 0 aliphatic carbocycles. The number of nitrogens with zero attached hydrogens (tertiary/aromatic N) is 2. The summed E-state index contributed by atoms with van der Waals surface area (Å²) in [6.45, 7) is 0.654. The minimum absolute atomic E-state index is 0.466. The third kappa shape index (κ3) is 2.19. The highest BCUT2D eigenvalue weighted by atomic mass is 32.1. The van der Waals surface area contributed by atoms with E-state index in [1.165, 1.54) is 0 Å². The number of oxazole rings is 1. The van der Waals surface area contributed by atoms with Crippen molar-refractivity contribution in [2.45, 2.75) is 6.54 Å². The highest BCUT2D eigenvalue weighted by molar-refractivity contribution is 7.07. The Morgan fingerprint density at radius 3 is 3.11 bits per heavy atom. The van der Waals surface area contributed by atoms with Crippen molar-refractivity contribution in [2.24, 2.45) is 0 Å². The number of rotatable bonds is 3. The van der Waals surface area contributed by atoms with E-state index < -0.39 is 5.76 Å². The molecule has 0 aliphatic heterocycles. The van der Waals surface area contributed by atoms with Crippen molar-refractivity contribution < 1.29 is 4.42 Å². The van der Waals surface area contributed by atoms with Crippen LogP contribution in [0.1, 0.15) is 5.69 Å². The number of thiazole rings is 1. The topological polar surface area (TPSA) is 88.2 Å². The van der Waals surface area contributed by atoms with Gasteiger partial charge in [0, 0.05) is 18.5 Å². The van der Waals surface area contributed by atoms with Crippen molar-refractivity contribution in [3.8, 4) is 0 Å². The first-order valence-electron chi connectivity index (χ1n) is 5.64. The van der Waals surface area contributed by atoms with E-state index in [0.29, 0.717) is 23.3 Å². The molecule has 6 nitrogen and oxygen atoms in total. The molecule has 0 fully saturated rings. The minimum atomic E-state index is -0.478. The average molecular weight is 276 g/mol. The van der Waals surface area contributed by atoms with E-state index in [2.05, 4.69) is 9.97 Å². The number of anilines is 2. The maximum atomic E-state index is 11.2. The van der Waals surface area contributed by atoms with Crippen LogP contribution in [-0.2, 0) is 6.54 Å². The molecular weight excluding hydrogens is 264 g/mol. The Labute approximate surface area is 112 Å². The van der Waals surface area contributed by atoms with Crippen LogP contribution in [0, 0.1) is 0 Å². The first-order valence-corrected chi connectivity index (χ1v) is 6.58. The van der Waals surface area contributed by atoms with Crippen LogP contribution in [0.4, 0.5) is 11.4 Å². The Bertz CT molecular complexity index is 760. The van der Waals surface area contributed by atoms with Gasteiger partial charge in [0.1, 0.15) is 0 Å². The summed E-state index contributed by atoms with van der Waals surface area (Å²) in [6.07, 6.45) is 0. The number of nitrogen functional groups attached to an aromatic ring is 1. The Morgan fingerprint density at radius 1 is 1.53 bits per heavy atom. The lowest BCUT2D eigenvalue weighted by Gasteiger charge is -2.19. The van der Waals surface area contributed by atoms with E-state index in [9.17, 15) is 4.79 Å². The highest BCUT2D eigenvalue weighted by Gasteiger charge is 2.11. The van der Waals surface area contributed by atoms with Crippen LogP contribution in [0.15, 0.2) is 32.2 Å². The van der Waals surface area contributed by atoms with Crippen molar-refractivity contribution in [1.29, 1.82) is 0 Å². The van der Waals surface area contributed by atoms with Gasteiger partial charge >= 0.3 is 5.76 Å². The molecule has 7 heteroatoms. The standard InChI is InChI=1S/C12H12N4O2S/c1-16(4-7-5-19-6-14-7)10-3-9-11(2-8(10)13)18-12(17)15-9/h2-3,5-6H,4,13H2,1H3,(H,15,17). The SMILES string of the molecule is CN(Cc1cscn1)c1cc2[nH]c(=O)oc2cc1N. The fourth-order valence-corrected chi connectivity index (χ4v) is 2.53. The molecular formula is C12H12N4O2S. The molecule has 0 spiro atoms. The molecule has 3 N–H and O–H groups in total. The van der Waals surface area contributed by atoms with Gasteiger partial charge in [-0.3, -0.25) is 4.98 Å². The molecule has 0 bridgehead atoms. The van der Waals surface area contributed by atoms with Crippen LogP contribution >= 0.6 is 11.3 Å². The van der Waals surface area contributed by atoms with Crippen molar-refractivity contribution in [3.63, 3.8) is 0 Å². The Hall–Kier alpha value is -2.28. The molecule has 0 unspecified atom stereocenters. The predicted octanol–water partition coefficient (Wildman–Crippen LogP) is 1.80. The third-order valence-corrected chi connectivity index (χ3v) is 3.50. The van der Waals surface area contributed by atoms with Gasteiger partial charge in [-0.2, -0.15) is 0 Å². The number of benzene rings is 1. The lowest BCUT2D eigenvalue weighted by Crippen LogP contribution is -2.18. The lowest BCUT2D eigenvalue weighted by atomic mass is 10.2. The molecule has 2 heterocycles. The Morgan fingerprint density at radius 2 is 2.37 bits per heavy atom. The van der Waals surface area contributed by atoms with E-state index >= 15 is 0 Å². The zero-order valence-corrected chi connectivity index (χ0v) is 11.0. The van der Waals surface area contributed by atoms with Gasteiger partial charge in [0.2, 0.25) is 0 Å². The first kappa shape index (κ1) is 11.8. The largest absolute Gasteiger partial charge is 0.417 e. The number of nitrogens with one attached hydrogen (secondary N) is 1. The van der Waals surface area contributed by atoms with Gasteiger partial charge < -0.3 is 15.1 Å². The molecule has 3 aromatic rings. The van der Waals surface area contributed by atoms with Gasteiger partial charge in [-0.1, -0.05) is 0 Å². The van der Waals surface area contributed by atoms with Crippen molar-refractivity contribution in [3.05, 3.63) is 39.3 Å². The predicted molar refractivity (Wildman–Crippen MR) is 75.5 cm³/mol. The molecule has 2 aromatic heterocycles. The van der Waals surface area contributed by atoms with Gasteiger partial charge in [0.15, 0.2) is 5.58 Å². The number of aromatic nitrogens is 2. The van der Waals surface area contributed by atoms with Gasteiger partial charge in [-0.25, -0.2) is 9.78 Å². The maximum absolute atomic E-state index is 11.2. The van der Waals surface area contributed by atoms with E-state index in [4.69, 9.17) is 10.2 Å². The molecule has 98 valence electrons. The molecule has 0 radical (unpaired) electrons. The minimum Gasteiger partial charge on any atom is -0.408 e. The van der Waals surface area contributed by atoms with Gasteiger partial charge in [-0.15, -0.1) is 11.3 Å². The number of hydrogen-bond acceptors (Lipinski definition) is 6. The number of nitrogens with two attached hydrogens (primary N) is 1. The Balaban J connectivity index is 1.99. The fourth-order valence-electron chi connectivity index (χ4n) is 1.98. The summed E-state index contributed by atoms with van der Waals surface area (Å²) in [5, 5.41) is 1.99. The van der Waals surface area contributed by atoms with E-state index in [1.807, 2.05) is 23.4 Å². The normalized spacial score (nSPS) is 11.0. The summed E-state index contributed by atoms with van der Waals surface area (Å²) in [6, 6.07) is 3.46. The highest BCUT2D eigenvalue weighted by Crippen LogP contribution is 2.28. The maximum Gasteiger partial charge on any atom is 0.417 e. The Kier molecular flexibility index (Phi) is 2.75. The fraction of sp³-hybridized carbons (Fsp3) is 0.167. The number of hydrogen-bond donors (Lipinski definition) is 2. The number of aromatic amines is 1. The van der Waals surface area contributed by atoms with Crippen molar-refractivity contribution in [1.82, 2.24) is 9.97 Å². The van der Waals surface area contributed by atoms with Crippen LogP contribution < -0.4 is 16.4 Å². The van der Waals surface area contributed by atoms with Crippen LogP contribution in [-0.4, -0.2) is 17.0 Å². The zero-order valence-electron chi connectivity index (χ0n) is 10.2. The van der Waals surface area contributed by atoms with Crippen LogP contribution in [0.3, 0.4) is 0 Å². The summed E-state index contributed by atoms with van der Waals surface area (Å²) >= 11 is 1.56. The summed E-state index contributed by atoms with van der Waals surface area (Å²) in [4.78, 5) is 20.0. The summed E-state index contributed by atoms with van der Waals surface area (Å²) in [5.74, 6) is -0.478. The first-order chi connectivity index (χ1) is 9.13. The summed E-state index contributed by atoms with van der Waals surface area (Å²) < 4.78 is 4.97. The lowest BCUT2D eigenvalue weighted by molar-refractivity contribution is 0.555. The van der Waals surface area contributed by atoms with E-state index in [1.54, 1.807) is 22.9 Å². The van der Waals surface area contributed by atoms with Crippen molar-refractivity contribution in [2.75, 3.05) is 17.7 Å². The second-order valence-corrected chi connectivity index (χ2v) is 4.98. The van der Waals surface area contributed by atoms with Gasteiger partial charge in [0.25, 0.3) is 0 Å². The zero-order chi connectivity index (χ0) is 13.4. The molecule has 0 saturated carbocycles. The molecule has 0 saturated heterocycles. The second kappa shape index (κ2) is 4.43. The van der Waals surface area contributed by atoms with Gasteiger partial charge in [0.05, 0.1) is 34.6 Å². The monoisotopic (exact) mass is 276 g/mol. The van der Waals surface area contributed by atoms with Crippen molar-refractivity contribution >= 4 is 33.8 Å². The number of fused-ring (bicyclic) bond motifs is 1. The summed E-state index contributed by atoms with van der Waals surface area (Å²) in [5.41, 5.74) is 11.3. The average Bonchev–Trinajstić information content (AvgIpc) is 2.96. The number of H-pyrrole nitrogens is 1. The van der Waals surface area contributed by atoms with Crippen LogP contribution in [0.2, 0.25) is 0 Å². The molecule has 0 aliphatic rings. The van der Waals surface area contributed by atoms with Gasteiger partial charge in [-0.05, 0) is 6.07 Å². The van der Waals surface area contributed by atoms with E-state index in [0.717, 1.165) is 11.4 Å². The summed E-state index contributed by atoms with van der Waals surface area (Å²) in [7, 11) is 1.93. The second-order valence-electron chi connectivity index (χ2n) is 4.26. The molecule has 3 rings (SSSR count). The molecule has 0 amide bonds. The molecule has 0 atom stereocenters. The third-order valence-electron chi connectivity index (χ3n) is 2.86. The smallest absolute Gasteiger partial charge is 0.408 e. The molecule has 1 aromatic carbocycles. The van der Waals surface area contributed by atoms with Crippen LogP contribution in [0.5, 0.6) is 0 Å². The quantitative estimate of drug-likeness (QED) is 0.712.